The summed E-state index contributed by atoms with van der Waals surface area (Å²) in [6.07, 6.45) is 1.02. The molecule has 2 aromatic rings. The van der Waals surface area contributed by atoms with Gasteiger partial charge in [0, 0.05) is 5.02 Å². The predicted octanol–water partition coefficient (Wildman–Crippen LogP) is 1.45. The molecule has 0 bridgehead atoms. The molecule has 0 saturated heterocycles. The molecule has 0 aliphatic carbocycles. The highest BCUT2D eigenvalue weighted by Crippen LogP contribution is 2.23. The second kappa shape index (κ2) is 5.43. The average Bonchev–Trinajstić information content (AvgIpc) is 2.77. The summed E-state index contributed by atoms with van der Waals surface area (Å²) in [5.74, 6) is -0.805. The third kappa shape index (κ3) is 3.38. The molecule has 1 heterocycles. The number of aryl methyl sites for hydroxylation is 1. The van der Waals surface area contributed by atoms with Crippen molar-refractivity contribution in [1.82, 2.24) is 9.78 Å². The van der Waals surface area contributed by atoms with Crippen LogP contribution in [0.25, 0.3) is 0 Å². The summed E-state index contributed by atoms with van der Waals surface area (Å²) in [5, 5.41) is 19.9. The van der Waals surface area contributed by atoms with Crippen molar-refractivity contribution in [2.75, 3.05) is 0 Å². The van der Waals surface area contributed by atoms with Crippen molar-refractivity contribution in [2.24, 2.45) is 5.14 Å². The topological polar surface area (TPSA) is 121 Å². The van der Waals surface area contributed by atoms with E-state index in [2.05, 4.69) is 5.10 Å². The maximum Gasteiger partial charge on any atom is 0.410 e. The molecular weight excluding hydrogens is 320 g/mol. The highest BCUT2D eigenvalue weighted by molar-refractivity contribution is 7.89. The molecule has 2 N–H and O–H groups in total. The third-order valence-electron chi connectivity index (χ3n) is 2.73. The Morgan fingerprint density at radius 3 is 2.62 bits per heavy atom. The maximum atomic E-state index is 11.3. The molecule has 8 nitrogen and oxygen atoms in total. The van der Waals surface area contributed by atoms with Crippen molar-refractivity contribution in [3.8, 4) is 0 Å². The fraction of sp³-hybridized carbons (Fsp3) is 0.182. The molecule has 1 aromatic heterocycles. The summed E-state index contributed by atoms with van der Waals surface area (Å²) < 4.78 is 23.8. The van der Waals surface area contributed by atoms with E-state index in [1.807, 2.05) is 13.0 Å². The van der Waals surface area contributed by atoms with Crippen LogP contribution in [-0.2, 0) is 16.6 Å². The van der Waals surface area contributed by atoms with Crippen LogP contribution in [0.5, 0.6) is 0 Å². The predicted molar refractivity (Wildman–Crippen MR) is 75.5 cm³/mol. The number of nitrogens with two attached hydrogens (primary N) is 1. The SMILES string of the molecule is Cc1ccc(Cn2cc(S(N)(=O)=O)c([N+](=O)[O-])n2)c(Cl)c1. The van der Waals surface area contributed by atoms with Gasteiger partial charge in [0.05, 0.1) is 17.8 Å². The zero-order valence-corrected chi connectivity index (χ0v) is 12.4. The molecule has 0 saturated carbocycles. The van der Waals surface area contributed by atoms with Crippen LogP contribution >= 0.6 is 11.6 Å². The quantitative estimate of drug-likeness (QED) is 0.671. The summed E-state index contributed by atoms with van der Waals surface area (Å²) >= 11 is 6.06. The van der Waals surface area contributed by atoms with Gasteiger partial charge in [0.25, 0.3) is 0 Å². The van der Waals surface area contributed by atoms with E-state index in [1.165, 1.54) is 0 Å². The zero-order chi connectivity index (χ0) is 15.8. The van der Waals surface area contributed by atoms with Gasteiger partial charge < -0.3 is 10.1 Å². The lowest BCUT2D eigenvalue weighted by Crippen LogP contribution is -2.13. The molecule has 0 amide bonds. The first-order valence-electron chi connectivity index (χ1n) is 5.68. The molecule has 10 heteroatoms. The number of aromatic nitrogens is 2. The first-order chi connectivity index (χ1) is 9.68. The van der Waals surface area contributed by atoms with Crippen molar-refractivity contribution in [3.63, 3.8) is 0 Å². The molecule has 112 valence electrons. The van der Waals surface area contributed by atoms with Gasteiger partial charge in [-0.2, -0.15) is 4.68 Å². The van der Waals surface area contributed by atoms with Crippen LogP contribution in [-0.4, -0.2) is 23.1 Å². The summed E-state index contributed by atoms with van der Waals surface area (Å²) in [6.45, 7) is 1.96. The molecule has 0 unspecified atom stereocenters. The minimum atomic E-state index is -4.22. The van der Waals surface area contributed by atoms with Crippen LogP contribution in [0, 0.1) is 17.0 Å². The number of hydrogen-bond acceptors (Lipinski definition) is 5. The van der Waals surface area contributed by atoms with Gasteiger partial charge in [-0.25, -0.2) is 13.6 Å². The van der Waals surface area contributed by atoms with Crippen molar-refractivity contribution in [1.29, 1.82) is 0 Å². The molecule has 0 fully saturated rings. The highest BCUT2D eigenvalue weighted by Gasteiger charge is 2.28. The molecule has 0 spiro atoms. The Morgan fingerprint density at radius 1 is 1.48 bits per heavy atom. The van der Waals surface area contributed by atoms with Crippen molar-refractivity contribution < 1.29 is 13.3 Å². The molecule has 0 atom stereocenters. The lowest BCUT2D eigenvalue weighted by molar-refractivity contribution is -0.392. The first-order valence-corrected chi connectivity index (χ1v) is 7.60. The summed E-state index contributed by atoms with van der Waals surface area (Å²) in [6, 6.07) is 5.29. The van der Waals surface area contributed by atoms with Crippen LogP contribution in [0.3, 0.4) is 0 Å². The van der Waals surface area contributed by atoms with Crippen molar-refractivity contribution >= 4 is 27.4 Å². The van der Waals surface area contributed by atoms with Crippen molar-refractivity contribution in [3.05, 3.63) is 50.7 Å². The number of nitrogens with zero attached hydrogens (tertiary/aromatic N) is 3. The Hall–Kier alpha value is -1.97. The van der Waals surface area contributed by atoms with E-state index in [0.717, 1.165) is 16.4 Å². The Balaban J connectivity index is 2.44. The van der Waals surface area contributed by atoms with E-state index in [9.17, 15) is 18.5 Å². The lowest BCUT2D eigenvalue weighted by atomic mass is 10.1. The second-order valence-electron chi connectivity index (χ2n) is 4.41. The van der Waals surface area contributed by atoms with Crippen LogP contribution in [0.2, 0.25) is 5.02 Å². The highest BCUT2D eigenvalue weighted by atomic mass is 35.5. The molecule has 1 aromatic carbocycles. The number of benzene rings is 1. The van der Waals surface area contributed by atoms with Gasteiger partial charge in [0.1, 0.15) is 0 Å². The summed E-state index contributed by atoms with van der Waals surface area (Å²) in [4.78, 5) is 9.30. The summed E-state index contributed by atoms with van der Waals surface area (Å²) in [5.41, 5.74) is 1.61. The van der Waals surface area contributed by atoms with E-state index in [4.69, 9.17) is 16.7 Å². The number of primary sulfonamides is 1. The van der Waals surface area contributed by atoms with Crippen LogP contribution in [0.4, 0.5) is 5.82 Å². The maximum absolute atomic E-state index is 11.3. The monoisotopic (exact) mass is 330 g/mol. The minimum Gasteiger partial charge on any atom is -0.358 e. The number of nitro groups is 1. The Bertz CT molecular complexity index is 816. The number of hydrogen-bond donors (Lipinski definition) is 1. The molecule has 2 rings (SSSR count). The van der Waals surface area contributed by atoms with E-state index >= 15 is 0 Å². The lowest BCUT2D eigenvalue weighted by Gasteiger charge is -2.03. The standard InChI is InChI=1S/C11H11ClN4O4S/c1-7-2-3-8(9(12)4-7)5-15-6-10(21(13,19)20)11(14-15)16(17)18/h2-4,6H,5H2,1H3,(H2,13,19,20). The van der Waals surface area contributed by atoms with Crippen LogP contribution in [0.1, 0.15) is 11.1 Å². The average molecular weight is 331 g/mol. The smallest absolute Gasteiger partial charge is 0.358 e. The second-order valence-corrected chi connectivity index (χ2v) is 6.35. The normalized spacial score (nSPS) is 11.6. The zero-order valence-electron chi connectivity index (χ0n) is 10.9. The fourth-order valence-corrected chi connectivity index (χ4v) is 2.69. The molecular formula is C11H11ClN4O4S. The van der Waals surface area contributed by atoms with E-state index in [-0.39, 0.29) is 6.54 Å². The Morgan fingerprint density at radius 2 is 2.14 bits per heavy atom. The molecule has 0 aliphatic heterocycles. The van der Waals surface area contributed by atoms with Gasteiger partial charge in [-0.15, -0.1) is 0 Å². The molecule has 21 heavy (non-hydrogen) atoms. The van der Waals surface area contributed by atoms with Gasteiger partial charge in [0.2, 0.25) is 14.9 Å². The van der Waals surface area contributed by atoms with E-state index < -0.39 is 25.7 Å². The third-order valence-corrected chi connectivity index (χ3v) is 3.98. The van der Waals surface area contributed by atoms with Gasteiger partial charge >= 0.3 is 5.82 Å². The van der Waals surface area contributed by atoms with Gasteiger partial charge in [0.15, 0.2) is 0 Å². The Labute approximate surface area is 125 Å². The first kappa shape index (κ1) is 15.4. The van der Waals surface area contributed by atoms with Crippen LogP contribution in [0.15, 0.2) is 29.3 Å². The Kier molecular flexibility index (Phi) is 3.99. The van der Waals surface area contributed by atoms with Crippen LogP contribution < -0.4 is 5.14 Å². The van der Waals surface area contributed by atoms with Gasteiger partial charge in [-0.05, 0) is 29.0 Å². The van der Waals surface area contributed by atoms with E-state index in [1.54, 1.807) is 12.1 Å². The molecule has 0 radical (unpaired) electrons. The molecule has 0 aliphatic rings. The van der Waals surface area contributed by atoms with E-state index in [0.29, 0.717) is 10.6 Å². The van der Waals surface area contributed by atoms with Gasteiger partial charge in [-0.1, -0.05) is 23.7 Å². The van der Waals surface area contributed by atoms with Gasteiger partial charge in [-0.3, -0.25) is 0 Å². The summed E-state index contributed by atoms with van der Waals surface area (Å²) in [7, 11) is -4.22. The number of halogens is 1. The van der Waals surface area contributed by atoms with Crippen molar-refractivity contribution in [2.45, 2.75) is 18.4 Å². The number of rotatable bonds is 4. The fourth-order valence-electron chi connectivity index (χ4n) is 1.76. The largest absolute Gasteiger partial charge is 0.410 e. The number of sulfonamides is 1. The minimum absolute atomic E-state index is 0.0927.